The molecule has 2 aromatic rings. The minimum atomic E-state index is -3.79. The second-order valence-corrected chi connectivity index (χ2v) is 7.96. The molecule has 0 aromatic heterocycles. The monoisotopic (exact) mass is 365 g/mol. The number of rotatable bonds is 3. The van der Waals surface area contributed by atoms with Crippen molar-refractivity contribution in [2.24, 2.45) is 0 Å². The number of nitrogens with zero attached hydrogens (tertiary/aromatic N) is 1. The van der Waals surface area contributed by atoms with Crippen molar-refractivity contribution in [2.45, 2.75) is 24.3 Å². The maximum Gasteiger partial charge on any atom is 0.264 e. The quantitative estimate of drug-likeness (QED) is 0.848. The number of fused-ring (bicyclic) bond motifs is 1. The molecule has 1 N–H and O–H groups in total. The Balaban J connectivity index is 2.05. The first-order chi connectivity index (χ1) is 11.3. The lowest BCUT2D eigenvalue weighted by molar-refractivity contribution is 0.101. The van der Waals surface area contributed by atoms with Crippen LogP contribution in [0.15, 0.2) is 47.4 Å². The minimum Gasteiger partial charge on any atom is -0.388 e. The maximum atomic E-state index is 12.9. The van der Waals surface area contributed by atoms with E-state index in [9.17, 15) is 18.3 Å². The molecule has 0 saturated heterocycles. The van der Waals surface area contributed by atoms with Gasteiger partial charge in [-0.05, 0) is 43.7 Å². The number of aliphatic hydroxyl groups excluding tert-OH is 1. The first-order valence-electron chi connectivity index (χ1n) is 7.42. The molecule has 0 bridgehead atoms. The Hall–Kier alpha value is -1.89. The summed E-state index contributed by atoms with van der Waals surface area (Å²) in [4.78, 5) is 11.4. The van der Waals surface area contributed by atoms with Crippen molar-refractivity contribution >= 4 is 33.1 Å². The molecule has 0 fully saturated rings. The van der Waals surface area contributed by atoms with Crippen LogP contribution in [0.1, 0.15) is 35.4 Å². The number of carbonyl (C=O) groups excluding carboxylic acids is 1. The molecular weight excluding hydrogens is 350 g/mol. The number of anilines is 1. The van der Waals surface area contributed by atoms with Gasteiger partial charge in [-0.2, -0.15) is 0 Å². The third-order valence-corrected chi connectivity index (χ3v) is 6.13. The van der Waals surface area contributed by atoms with E-state index in [1.165, 1.54) is 35.5 Å². The normalized spacial score (nSPS) is 17.5. The molecule has 24 heavy (non-hydrogen) atoms. The number of Topliss-reactive ketones (excluding diaryl/α,β-unsaturated/α-hetero) is 1. The summed E-state index contributed by atoms with van der Waals surface area (Å²) in [7, 11) is -3.79. The maximum absolute atomic E-state index is 12.9. The Morgan fingerprint density at radius 1 is 1.21 bits per heavy atom. The van der Waals surface area contributed by atoms with Crippen LogP contribution in [-0.4, -0.2) is 25.9 Å². The van der Waals surface area contributed by atoms with Crippen LogP contribution in [-0.2, 0) is 10.0 Å². The van der Waals surface area contributed by atoms with E-state index in [0.29, 0.717) is 21.8 Å². The fourth-order valence-corrected chi connectivity index (χ4v) is 4.46. The van der Waals surface area contributed by atoms with Crippen molar-refractivity contribution in [1.82, 2.24) is 0 Å². The number of carbonyl (C=O) groups is 1. The molecule has 0 saturated carbocycles. The van der Waals surface area contributed by atoms with Gasteiger partial charge in [-0.25, -0.2) is 8.42 Å². The second kappa shape index (κ2) is 6.20. The molecule has 1 aliphatic rings. The van der Waals surface area contributed by atoms with Gasteiger partial charge in [-0.3, -0.25) is 9.10 Å². The summed E-state index contributed by atoms with van der Waals surface area (Å²) >= 11 is 5.96. The van der Waals surface area contributed by atoms with Crippen molar-refractivity contribution in [1.29, 1.82) is 0 Å². The fraction of sp³-hybridized carbons (Fsp3) is 0.235. The van der Waals surface area contributed by atoms with Crippen LogP contribution >= 0.6 is 11.6 Å². The highest BCUT2D eigenvalue weighted by Gasteiger charge is 2.32. The van der Waals surface area contributed by atoms with Gasteiger partial charge < -0.3 is 5.11 Å². The Labute approximate surface area is 145 Å². The number of ketones is 1. The first-order valence-corrected chi connectivity index (χ1v) is 9.24. The van der Waals surface area contributed by atoms with Crippen molar-refractivity contribution in [3.63, 3.8) is 0 Å². The highest BCUT2D eigenvalue weighted by molar-refractivity contribution is 7.92. The van der Waals surface area contributed by atoms with Crippen LogP contribution in [0.2, 0.25) is 5.02 Å². The summed E-state index contributed by atoms with van der Waals surface area (Å²) in [5, 5.41) is 10.6. The Morgan fingerprint density at radius 3 is 2.50 bits per heavy atom. The average molecular weight is 366 g/mol. The van der Waals surface area contributed by atoms with Gasteiger partial charge in [0.05, 0.1) is 16.7 Å². The molecule has 1 heterocycles. The zero-order valence-electron chi connectivity index (χ0n) is 12.9. The number of benzene rings is 2. The van der Waals surface area contributed by atoms with Gasteiger partial charge in [0.1, 0.15) is 0 Å². The summed E-state index contributed by atoms with van der Waals surface area (Å²) in [5.41, 5.74) is 1.38. The number of hydrogen-bond acceptors (Lipinski definition) is 4. The number of halogens is 1. The van der Waals surface area contributed by atoms with Crippen LogP contribution in [0.25, 0.3) is 0 Å². The van der Waals surface area contributed by atoms with E-state index in [0.717, 1.165) is 0 Å². The number of hydrogen-bond donors (Lipinski definition) is 1. The molecule has 1 aliphatic heterocycles. The molecule has 3 rings (SSSR count). The number of sulfonamides is 1. The van der Waals surface area contributed by atoms with Gasteiger partial charge >= 0.3 is 0 Å². The molecule has 0 radical (unpaired) electrons. The fourth-order valence-electron chi connectivity index (χ4n) is 2.77. The summed E-state index contributed by atoms with van der Waals surface area (Å²) in [5.74, 6) is -0.125. The van der Waals surface area contributed by atoms with Gasteiger partial charge in [-0.15, -0.1) is 0 Å². The molecule has 0 amide bonds. The van der Waals surface area contributed by atoms with Gasteiger partial charge in [0.2, 0.25) is 0 Å². The van der Waals surface area contributed by atoms with E-state index >= 15 is 0 Å². The molecule has 0 spiro atoms. The van der Waals surface area contributed by atoms with Crippen molar-refractivity contribution in [3.8, 4) is 0 Å². The summed E-state index contributed by atoms with van der Waals surface area (Å²) < 4.78 is 27.2. The summed E-state index contributed by atoms with van der Waals surface area (Å²) in [6.07, 6.45) is -0.455. The molecule has 126 valence electrons. The Morgan fingerprint density at radius 2 is 1.88 bits per heavy atom. The molecule has 1 atom stereocenters. The third kappa shape index (κ3) is 2.92. The summed E-state index contributed by atoms with van der Waals surface area (Å²) in [6.45, 7) is 1.60. The lowest BCUT2D eigenvalue weighted by atomic mass is 10.0. The van der Waals surface area contributed by atoms with E-state index in [1.807, 2.05) is 0 Å². The highest BCUT2D eigenvalue weighted by atomic mass is 35.5. The third-order valence-electron chi connectivity index (χ3n) is 4.07. The van der Waals surface area contributed by atoms with E-state index < -0.39 is 16.1 Å². The lowest BCUT2D eigenvalue weighted by Gasteiger charge is -2.33. The SMILES string of the molecule is CC(=O)c1ccc(S(=O)(=O)N2CCC(O)c3cc(Cl)ccc32)cc1. The van der Waals surface area contributed by atoms with Gasteiger partial charge in [-0.1, -0.05) is 23.7 Å². The standard InChI is InChI=1S/C17H16ClNO4S/c1-11(20)12-2-5-14(6-3-12)24(22,23)19-9-8-17(21)15-10-13(18)4-7-16(15)19/h2-7,10,17,21H,8-9H2,1H3. The zero-order chi connectivity index (χ0) is 17.5. The van der Waals surface area contributed by atoms with Crippen LogP contribution in [0.3, 0.4) is 0 Å². The van der Waals surface area contributed by atoms with Crippen LogP contribution in [0.4, 0.5) is 5.69 Å². The largest absolute Gasteiger partial charge is 0.388 e. The zero-order valence-corrected chi connectivity index (χ0v) is 14.5. The van der Waals surface area contributed by atoms with E-state index in [1.54, 1.807) is 18.2 Å². The lowest BCUT2D eigenvalue weighted by Crippen LogP contribution is -2.36. The predicted molar refractivity (Wildman–Crippen MR) is 92.0 cm³/mol. The van der Waals surface area contributed by atoms with E-state index in [4.69, 9.17) is 11.6 Å². The molecule has 1 unspecified atom stereocenters. The molecular formula is C17H16ClNO4S. The van der Waals surface area contributed by atoms with Crippen molar-refractivity contribution in [2.75, 3.05) is 10.8 Å². The molecule has 5 nitrogen and oxygen atoms in total. The average Bonchev–Trinajstić information content (AvgIpc) is 2.55. The van der Waals surface area contributed by atoms with Crippen LogP contribution < -0.4 is 4.31 Å². The van der Waals surface area contributed by atoms with Crippen LogP contribution in [0, 0.1) is 0 Å². The molecule has 0 aliphatic carbocycles. The second-order valence-electron chi connectivity index (χ2n) is 5.67. The topological polar surface area (TPSA) is 74.7 Å². The molecule has 7 heteroatoms. The molecule has 2 aromatic carbocycles. The van der Waals surface area contributed by atoms with Crippen molar-refractivity contribution < 1.29 is 18.3 Å². The van der Waals surface area contributed by atoms with Gasteiger partial charge in [0.15, 0.2) is 5.78 Å². The Kier molecular flexibility index (Phi) is 4.38. The van der Waals surface area contributed by atoms with E-state index in [2.05, 4.69) is 0 Å². The minimum absolute atomic E-state index is 0.102. The van der Waals surface area contributed by atoms with Gasteiger partial charge in [0.25, 0.3) is 10.0 Å². The Bertz CT molecular complexity index is 893. The predicted octanol–water partition coefficient (Wildman–Crippen LogP) is 3.18. The van der Waals surface area contributed by atoms with Gasteiger partial charge in [0, 0.05) is 22.7 Å². The smallest absolute Gasteiger partial charge is 0.264 e. The van der Waals surface area contributed by atoms with Crippen LogP contribution in [0.5, 0.6) is 0 Å². The number of aliphatic hydroxyl groups is 1. The first kappa shape index (κ1) is 17.0. The van der Waals surface area contributed by atoms with Crippen molar-refractivity contribution in [3.05, 3.63) is 58.6 Å². The van der Waals surface area contributed by atoms with E-state index in [-0.39, 0.29) is 23.6 Å². The highest BCUT2D eigenvalue weighted by Crippen LogP contribution is 2.38. The summed E-state index contributed by atoms with van der Waals surface area (Å²) in [6, 6.07) is 10.6.